The molecule has 0 fully saturated rings. The fourth-order valence-corrected chi connectivity index (χ4v) is 3.62. The number of aromatic nitrogens is 2. The molecule has 3 aromatic carbocycles. The van der Waals surface area contributed by atoms with Crippen molar-refractivity contribution >= 4 is 11.0 Å². The lowest BCUT2D eigenvalue weighted by atomic mass is 9.86. The number of aryl methyl sites for hydroxylation is 1. The summed E-state index contributed by atoms with van der Waals surface area (Å²) in [5.74, 6) is 0. The van der Waals surface area contributed by atoms with E-state index >= 15 is 0 Å². The number of nitrogens with zero attached hydrogens (tertiary/aromatic N) is 1. The summed E-state index contributed by atoms with van der Waals surface area (Å²) in [6, 6.07) is 23.1. The van der Waals surface area contributed by atoms with Gasteiger partial charge in [0, 0.05) is 0 Å². The number of nitrogens with one attached hydrogen (secondary N) is 1. The van der Waals surface area contributed by atoms with Crippen molar-refractivity contribution < 1.29 is 0 Å². The van der Waals surface area contributed by atoms with Crippen LogP contribution in [0.4, 0.5) is 0 Å². The van der Waals surface area contributed by atoms with E-state index in [1.807, 2.05) is 22.8 Å². The average Bonchev–Trinajstić information content (AvgIpc) is 2.97. The molecule has 4 rings (SSSR count). The predicted octanol–water partition coefficient (Wildman–Crippen LogP) is 5.65. The summed E-state index contributed by atoms with van der Waals surface area (Å²) in [5.41, 5.74) is 7.81. The molecular formula is C25H26N2O. The van der Waals surface area contributed by atoms with Gasteiger partial charge >= 0.3 is 5.69 Å². The van der Waals surface area contributed by atoms with Crippen LogP contribution in [0.3, 0.4) is 0 Å². The van der Waals surface area contributed by atoms with Crippen LogP contribution in [0.5, 0.6) is 0 Å². The van der Waals surface area contributed by atoms with Gasteiger partial charge in [-0.1, -0.05) is 75.4 Å². The zero-order chi connectivity index (χ0) is 19.9. The maximum absolute atomic E-state index is 12.6. The van der Waals surface area contributed by atoms with Crippen molar-refractivity contribution in [1.82, 2.24) is 9.55 Å². The molecular weight excluding hydrogens is 344 g/mol. The summed E-state index contributed by atoms with van der Waals surface area (Å²) in [6.07, 6.45) is 0. The van der Waals surface area contributed by atoms with Crippen LogP contribution >= 0.6 is 0 Å². The zero-order valence-electron chi connectivity index (χ0n) is 16.9. The molecule has 4 aromatic rings. The van der Waals surface area contributed by atoms with E-state index in [0.717, 1.165) is 27.7 Å². The third-order valence-corrected chi connectivity index (χ3v) is 5.45. The third-order valence-electron chi connectivity index (χ3n) is 5.45. The lowest BCUT2D eigenvalue weighted by Gasteiger charge is -2.19. The lowest BCUT2D eigenvalue weighted by molar-refractivity contribution is 0.590. The third kappa shape index (κ3) is 3.40. The zero-order valence-corrected chi connectivity index (χ0v) is 16.9. The Morgan fingerprint density at radius 2 is 1.57 bits per heavy atom. The summed E-state index contributed by atoms with van der Waals surface area (Å²) in [7, 11) is 0. The van der Waals surface area contributed by atoms with E-state index in [4.69, 9.17) is 0 Å². The molecule has 0 bridgehead atoms. The maximum Gasteiger partial charge on any atom is 0.326 e. The molecule has 0 amide bonds. The van der Waals surface area contributed by atoms with Gasteiger partial charge in [0.2, 0.25) is 0 Å². The van der Waals surface area contributed by atoms with Crippen molar-refractivity contribution in [3.8, 4) is 11.1 Å². The van der Waals surface area contributed by atoms with Gasteiger partial charge in [0.15, 0.2) is 0 Å². The SMILES string of the molecule is Cc1ccccc1Cn1c(=O)[nH]c2cc(-c3ccc(C(C)(C)C)cc3)ccc21. The van der Waals surface area contributed by atoms with E-state index in [0.29, 0.717) is 6.54 Å². The van der Waals surface area contributed by atoms with Crippen LogP contribution in [0.15, 0.2) is 71.5 Å². The normalized spacial score (nSPS) is 11.9. The second kappa shape index (κ2) is 6.83. The average molecular weight is 370 g/mol. The Morgan fingerprint density at radius 1 is 0.893 bits per heavy atom. The minimum Gasteiger partial charge on any atom is -0.306 e. The lowest BCUT2D eigenvalue weighted by Crippen LogP contribution is -2.17. The number of imidazole rings is 1. The first kappa shape index (κ1) is 18.3. The van der Waals surface area contributed by atoms with Gasteiger partial charge < -0.3 is 4.98 Å². The Balaban J connectivity index is 1.71. The highest BCUT2D eigenvalue weighted by Gasteiger charge is 2.14. The van der Waals surface area contributed by atoms with Gasteiger partial charge in [0.1, 0.15) is 0 Å². The molecule has 1 heterocycles. The molecule has 1 N–H and O–H groups in total. The Hall–Kier alpha value is -3.07. The monoisotopic (exact) mass is 370 g/mol. The molecule has 142 valence electrons. The van der Waals surface area contributed by atoms with Crippen LogP contribution in [0.1, 0.15) is 37.5 Å². The van der Waals surface area contributed by atoms with Gasteiger partial charge in [-0.2, -0.15) is 0 Å². The van der Waals surface area contributed by atoms with E-state index in [1.165, 1.54) is 11.1 Å². The van der Waals surface area contributed by atoms with Crippen LogP contribution in [0.2, 0.25) is 0 Å². The predicted molar refractivity (Wildman–Crippen MR) is 117 cm³/mol. The van der Waals surface area contributed by atoms with Crippen LogP contribution in [-0.4, -0.2) is 9.55 Å². The van der Waals surface area contributed by atoms with Crippen molar-refractivity contribution in [3.05, 3.63) is 93.9 Å². The number of H-pyrrole nitrogens is 1. The molecule has 0 saturated heterocycles. The molecule has 0 spiro atoms. The fraction of sp³-hybridized carbons (Fsp3) is 0.240. The van der Waals surface area contributed by atoms with Crippen molar-refractivity contribution in [2.75, 3.05) is 0 Å². The molecule has 0 aliphatic rings. The minimum atomic E-state index is -0.0708. The molecule has 1 aromatic heterocycles. The summed E-state index contributed by atoms with van der Waals surface area (Å²) < 4.78 is 1.81. The van der Waals surface area contributed by atoms with E-state index in [2.05, 4.69) is 81.2 Å². The fourth-order valence-electron chi connectivity index (χ4n) is 3.62. The first-order valence-corrected chi connectivity index (χ1v) is 9.71. The van der Waals surface area contributed by atoms with Gasteiger partial charge in [-0.15, -0.1) is 0 Å². The Morgan fingerprint density at radius 3 is 2.25 bits per heavy atom. The summed E-state index contributed by atoms with van der Waals surface area (Å²) >= 11 is 0. The number of fused-ring (bicyclic) bond motifs is 1. The Bertz CT molecular complexity index is 1190. The van der Waals surface area contributed by atoms with Gasteiger partial charge in [-0.3, -0.25) is 4.57 Å². The number of aromatic amines is 1. The number of hydrogen-bond donors (Lipinski definition) is 1. The standard InChI is InChI=1S/C25H26N2O/c1-17-7-5-6-8-20(17)16-27-23-14-11-19(15-22(23)26-24(27)28)18-9-12-21(13-10-18)25(2,3)4/h5-15H,16H2,1-4H3,(H,26,28). The molecule has 0 radical (unpaired) electrons. The van der Waals surface area contributed by atoms with Crippen molar-refractivity contribution in [2.45, 2.75) is 39.7 Å². The first-order valence-electron chi connectivity index (χ1n) is 9.71. The van der Waals surface area contributed by atoms with Gasteiger partial charge in [0.05, 0.1) is 17.6 Å². The van der Waals surface area contributed by atoms with Crippen molar-refractivity contribution in [1.29, 1.82) is 0 Å². The molecule has 0 aliphatic carbocycles. The topological polar surface area (TPSA) is 37.8 Å². The summed E-state index contributed by atoms with van der Waals surface area (Å²) in [6.45, 7) is 9.31. The van der Waals surface area contributed by atoms with Gasteiger partial charge in [-0.25, -0.2) is 4.79 Å². The van der Waals surface area contributed by atoms with Gasteiger partial charge in [-0.05, 0) is 52.3 Å². The van der Waals surface area contributed by atoms with Crippen LogP contribution in [0.25, 0.3) is 22.2 Å². The van der Waals surface area contributed by atoms with E-state index in [1.54, 1.807) is 0 Å². The Kier molecular flexibility index (Phi) is 4.46. The number of rotatable bonds is 3. The van der Waals surface area contributed by atoms with Crippen molar-refractivity contribution in [2.24, 2.45) is 0 Å². The molecule has 3 nitrogen and oxygen atoms in total. The molecule has 0 aliphatic heterocycles. The number of benzene rings is 3. The van der Waals surface area contributed by atoms with Crippen LogP contribution < -0.4 is 5.69 Å². The summed E-state index contributed by atoms with van der Waals surface area (Å²) in [4.78, 5) is 15.6. The first-order chi connectivity index (χ1) is 13.3. The van der Waals surface area contributed by atoms with Crippen LogP contribution in [-0.2, 0) is 12.0 Å². The van der Waals surface area contributed by atoms with Crippen LogP contribution in [0, 0.1) is 6.92 Å². The van der Waals surface area contributed by atoms with E-state index < -0.39 is 0 Å². The Labute approximate surface area is 165 Å². The highest BCUT2D eigenvalue weighted by molar-refractivity contribution is 5.82. The molecule has 3 heteroatoms. The molecule has 0 saturated carbocycles. The highest BCUT2D eigenvalue weighted by atomic mass is 16.1. The maximum atomic E-state index is 12.6. The van der Waals surface area contributed by atoms with Crippen molar-refractivity contribution in [3.63, 3.8) is 0 Å². The van der Waals surface area contributed by atoms with Gasteiger partial charge in [0.25, 0.3) is 0 Å². The number of hydrogen-bond acceptors (Lipinski definition) is 1. The highest BCUT2D eigenvalue weighted by Crippen LogP contribution is 2.27. The molecule has 0 unspecified atom stereocenters. The second-order valence-electron chi connectivity index (χ2n) is 8.50. The second-order valence-corrected chi connectivity index (χ2v) is 8.50. The quantitative estimate of drug-likeness (QED) is 0.497. The smallest absolute Gasteiger partial charge is 0.306 e. The minimum absolute atomic E-state index is 0.0708. The van der Waals surface area contributed by atoms with E-state index in [-0.39, 0.29) is 11.1 Å². The molecule has 28 heavy (non-hydrogen) atoms. The summed E-state index contributed by atoms with van der Waals surface area (Å²) in [5, 5.41) is 0. The largest absolute Gasteiger partial charge is 0.326 e. The van der Waals surface area contributed by atoms with E-state index in [9.17, 15) is 4.79 Å². The molecule has 0 atom stereocenters.